The maximum atomic E-state index is 5.42. The molecule has 21 heavy (non-hydrogen) atoms. The van der Waals surface area contributed by atoms with Gasteiger partial charge in [-0.05, 0) is 30.3 Å². The summed E-state index contributed by atoms with van der Waals surface area (Å²) in [6.45, 7) is 0. The zero-order valence-electron chi connectivity index (χ0n) is 11.5. The molecule has 0 spiro atoms. The number of aromatic nitrogens is 2. The van der Waals surface area contributed by atoms with Crippen LogP contribution in [0.3, 0.4) is 0 Å². The quantitative estimate of drug-likeness (QED) is 0.744. The van der Waals surface area contributed by atoms with E-state index in [1.807, 2.05) is 42.5 Å². The molecular weight excluding hydrogens is 262 g/mol. The van der Waals surface area contributed by atoms with Crippen molar-refractivity contribution in [3.8, 4) is 18.1 Å². The summed E-state index contributed by atoms with van der Waals surface area (Å²) in [6.07, 6.45) is 6.94. The molecule has 0 amide bonds. The fourth-order valence-electron chi connectivity index (χ4n) is 2.09. The fraction of sp³-hybridized carbons (Fsp3) is 0.0588. The van der Waals surface area contributed by atoms with E-state index >= 15 is 0 Å². The first-order valence-electron chi connectivity index (χ1n) is 6.42. The molecule has 0 aliphatic carbocycles. The van der Waals surface area contributed by atoms with Crippen LogP contribution in [-0.4, -0.2) is 17.1 Å². The van der Waals surface area contributed by atoms with Gasteiger partial charge in [0.25, 0.3) is 0 Å². The molecule has 0 aliphatic rings. The number of ether oxygens (including phenoxy) is 1. The van der Waals surface area contributed by atoms with Gasteiger partial charge in [-0.25, -0.2) is 9.97 Å². The zero-order chi connectivity index (χ0) is 14.7. The molecule has 2 aromatic carbocycles. The molecule has 0 atom stereocenters. The van der Waals surface area contributed by atoms with Crippen LogP contribution in [0.2, 0.25) is 0 Å². The summed E-state index contributed by atoms with van der Waals surface area (Å²) in [4.78, 5) is 8.56. The summed E-state index contributed by atoms with van der Waals surface area (Å²) < 4.78 is 5.21. The van der Waals surface area contributed by atoms with Crippen molar-refractivity contribution in [2.45, 2.75) is 0 Å². The molecule has 4 heteroatoms. The summed E-state index contributed by atoms with van der Waals surface area (Å²) in [6, 6.07) is 13.3. The molecule has 1 N–H and O–H groups in total. The molecule has 3 aromatic rings. The van der Waals surface area contributed by atoms with E-state index in [0.29, 0.717) is 0 Å². The summed E-state index contributed by atoms with van der Waals surface area (Å²) in [5.74, 6) is 4.11. The maximum absolute atomic E-state index is 5.42. The van der Waals surface area contributed by atoms with Crippen LogP contribution in [-0.2, 0) is 0 Å². The van der Waals surface area contributed by atoms with Gasteiger partial charge in [0.05, 0.1) is 12.6 Å². The minimum Gasteiger partial charge on any atom is -0.497 e. The zero-order valence-corrected chi connectivity index (χ0v) is 11.5. The van der Waals surface area contributed by atoms with Crippen LogP contribution in [0.15, 0.2) is 48.8 Å². The van der Waals surface area contributed by atoms with Gasteiger partial charge >= 0.3 is 0 Å². The van der Waals surface area contributed by atoms with Crippen LogP contribution in [0.25, 0.3) is 10.9 Å². The monoisotopic (exact) mass is 275 g/mol. The van der Waals surface area contributed by atoms with Crippen molar-refractivity contribution in [1.82, 2.24) is 9.97 Å². The molecule has 0 aliphatic heterocycles. The van der Waals surface area contributed by atoms with Crippen molar-refractivity contribution in [3.05, 3.63) is 54.4 Å². The number of fused-ring (bicyclic) bond motifs is 1. The van der Waals surface area contributed by atoms with Crippen LogP contribution in [0.4, 0.5) is 11.5 Å². The molecule has 0 fully saturated rings. The highest BCUT2D eigenvalue weighted by Crippen LogP contribution is 2.26. The number of methoxy groups -OCH3 is 1. The molecule has 0 saturated heterocycles. The smallest absolute Gasteiger partial charge is 0.141 e. The number of anilines is 2. The second-order valence-corrected chi connectivity index (χ2v) is 4.46. The molecule has 0 saturated carbocycles. The number of terminal acetylenes is 1. The molecule has 1 aromatic heterocycles. The first-order chi connectivity index (χ1) is 10.3. The molecule has 1 heterocycles. The van der Waals surface area contributed by atoms with Gasteiger partial charge < -0.3 is 10.1 Å². The van der Waals surface area contributed by atoms with E-state index in [0.717, 1.165) is 33.7 Å². The molecule has 0 bridgehead atoms. The van der Waals surface area contributed by atoms with E-state index in [1.54, 1.807) is 7.11 Å². The minimum absolute atomic E-state index is 0.733. The minimum atomic E-state index is 0.733. The molecule has 102 valence electrons. The van der Waals surface area contributed by atoms with Crippen molar-refractivity contribution >= 4 is 22.4 Å². The van der Waals surface area contributed by atoms with Crippen molar-refractivity contribution in [3.63, 3.8) is 0 Å². The summed E-state index contributed by atoms with van der Waals surface area (Å²) in [7, 11) is 1.63. The second kappa shape index (κ2) is 5.51. The van der Waals surface area contributed by atoms with E-state index in [4.69, 9.17) is 11.2 Å². The van der Waals surface area contributed by atoms with Crippen molar-refractivity contribution < 1.29 is 4.74 Å². The molecular formula is C17H13N3O. The number of hydrogen-bond donors (Lipinski definition) is 1. The van der Waals surface area contributed by atoms with Gasteiger partial charge in [-0.3, -0.25) is 0 Å². The van der Waals surface area contributed by atoms with Crippen molar-refractivity contribution in [2.24, 2.45) is 0 Å². The molecule has 3 rings (SSSR count). The Morgan fingerprint density at radius 3 is 2.86 bits per heavy atom. The third kappa shape index (κ3) is 2.63. The normalized spacial score (nSPS) is 10.1. The Balaban J connectivity index is 2.02. The Kier molecular flexibility index (Phi) is 3.40. The van der Waals surface area contributed by atoms with Crippen LogP contribution >= 0.6 is 0 Å². The van der Waals surface area contributed by atoms with Gasteiger partial charge in [-0.2, -0.15) is 0 Å². The highest BCUT2D eigenvalue weighted by molar-refractivity contribution is 5.91. The van der Waals surface area contributed by atoms with Crippen LogP contribution in [0.1, 0.15) is 5.56 Å². The summed E-state index contributed by atoms with van der Waals surface area (Å²) >= 11 is 0. The predicted molar refractivity (Wildman–Crippen MR) is 83.7 cm³/mol. The topological polar surface area (TPSA) is 47.0 Å². The van der Waals surface area contributed by atoms with Crippen molar-refractivity contribution in [1.29, 1.82) is 0 Å². The Hall–Kier alpha value is -3.06. The van der Waals surface area contributed by atoms with Gasteiger partial charge in [0, 0.05) is 22.7 Å². The van der Waals surface area contributed by atoms with Gasteiger partial charge in [-0.1, -0.05) is 12.0 Å². The third-order valence-electron chi connectivity index (χ3n) is 3.14. The lowest BCUT2D eigenvalue weighted by Crippen LogP contribution is -1.96. The van der Waals surface area contributed by atoms with E-state index in [9.17, 15) is 0 Å². The fourth-order valence-corrected chi connectivity index (χ4v) is 2.09. The summed E-state index contributed by atoms with van der Waals surface area (Å²) in [5, 5.41) is 4.19. The third-order valence-corrected chi connectivity index (χ3v) is 3.14. The Morgan fingerprint density at radius 1 is 1.14 bits per heavy atom. The van der Waals surface area contributed by atoms with E-state index in [2.05, 4.69) is 21.2 Å². The van der Waals surface area contributed by atoms with E-state index in [-0.39, 0.29) is 0 Å². The highest BCUT2D eigenvalue weighted by atomic mass is 16.5. The molecule has 4 nitrogen and oxygen atoms in total. The average molecular weight is 275 g/mol. The lowest BCUT2D eigenvalue weighted by molar-refractivity contribution is 0.415. The van der Waals surface area contributed by atoms with E-state index < -0.39 is 0 Å². The number of nitrogens with one attached hydrogen (secondary N) is 1. The van der Waals surface area contributed by atoms with Crippen molar-refractivity contribution in [2.75, 3.05) is 12.4 Å². The number of benzene rings is 2. The average Bonchev–Trinajstić information content (AvgIpc) is 2.55. The Labute approximate surface area is 122 Å². The summed E-state index contributed by atoms with van der Waals surface area (Å²) in [5.41, 5.74) is 2.53. The highest BCUT2D eigenvalue weighted by Gasteiger charge is 2.05. The van der Waals surface area contributed by atoms with Crippen LogP contribution in [0.5, 0.6) is 5.75 Å². The van der Waals surface area contributed by atoms with Gasteiger partial charge in [-0.15, -0.1) is 6.42 Å². The lowest BCUT2D eigenvalue weighted by Gasteiger charge is -2.09. The predicted octanol–water partition coefficient (Wildman–Crippen LogP) is 3.36. The van der Waals surface area contributed by atoms with Crippen LogP contribution < -0.4 is 10.1 Å². The Morgan fingerprint density at radius 2 is 2.05 bits per heavy atom. The molecule has 0 unspecified atom stereocenters. The van der Waals surface area contributed by atoms with Gasteiger partial charge in [0.1, 0.15) is 17.9 Å². The lowest BCUT2D eigenvalue weighted by atomic mass is 10.2. The maximum Gasteiger partial charge on any atom is 0.141 e. The Bertz CT molecular complexity index is 837. The van der Waals surface area contributed by atoms with E-state index in [1.165, 1.54) is 6.33 Å². The molecule has 0 radical (unpaired) electrons. The first kappa shape index (κ1) is 12.9. The number of hydrogen-bond acceptors (Lipinski definition) is 4. The van der Waals surface area contributed by atoms with Crippen LogP contribution in [0, 0.1) is 12.3 Å². The number of nitrogens with zero attached hydrogens (tertiary/aromatic N) is 2. The largest absolute Gasteiger partial charge is 0.497 e. The standard InChI is InChI=1S/C17H13N3O/c1-3-12-5-4-6-13(9-12)20-17-15-8-7-14(21-2)10-16(15)18-11-19-17/h1,4-11H,2H3,(H,18,19,20). The second-order valence-electron chi connectivity index (χ2n) is 4.46. The SMILES string of the molecule is C#Cc1cccc(Nc2ncnc3cc(OC)ccc23)c1. The van der Waals surface area contributed by atoms with Gasteiger partial charge in [0.2, 0.25) is 0 Å². The van der Waals surface area contributed by atoms with Gasteiger partial charge in [0.15, 0.2) is 0 Å². The number of rotatable bonds is 3. The first-order valence-corrected chi connectivity index (χ1v) is 6.42.